The minimum atomic E-state index is -1.80. The van der Waals surface area contributed by atoms with E-state index in [1.807, 2.05) is 6.08 Å². The van der Waals surface area contributed by atoms with Crippen LogP contribution in [0.5, 0.6) is 0 Å². The third-order valence-corrected chi connectivity index (χ3v) is 18.3. The highest BCUT2D eigenvalue weighted by Crippen LogP contribution is 2.30. The molecule has 544 valence electrons. The smallest absolute Gasteiger partial charge is 0.220 e. The van der Waals surface area contributed by atoms with Gasteiger partial charge in [-0.05, 0) is 83.5 Å². The Morgan fingerprint density at radius 2 is 0.745 bits per heavy atom. The molecular formula is C80H141NO13. The molecule has 12 atom stereocenters. The van der Waals surface area contributed by atoms with Crippen molar-refractivity contribution in [2.75, 3.05) is 19.8 Å². The number of amides is 1. The molecule has 2 rings (SSSR count). The van der Waals surface area contributed by atoms with E-state index < -0.39 is 86.8 Å². The molecule has 0 spiro atoms. The van der Waals surface area contributed by atoms with Crippen molar-refractivity contribution >= 4 is 5.91 Å². The molecule has 14 heteroatoms. The van der Waals surface area contributed by atoms with Crippen LogP contribution >= 0.6 is 0 Å². The van der Waals surface area contributed by atoms with Gasteiger partial charge in [-0.3, -0.25) is 4.79 Å². The summed E-state index contributed by atoms with van der Waals surface area (Å²) >= 11 is 0. The lowest BCUT2D eigenvalue weighted by Crippen LogP contribution is -2.65. The third-order valence-electron chi connectivity index (χ3n) is 18.3. The Kier molecular flexibility index (Phi) is 58.6. The highest BCUT2D eigenvalue weighted by molar-refractivity contribution is 5.76. The van der Waals surface area contributed by atoms with E-state index >= 15 is 0 Å². The van der Waals surface area contributed by atoms with Gasteiger partial charge in [-0.25, -0.2) is 0 Å². The Hall–Kier alpha value is -3.09. The van der Waals surface area contributed by atoms with E-state index in [0.29, 0.717) is 12.8 Å². The van der Waals surface area contributed by atoms with Gasteiger partial charge in [-0.1, -0.05) is 317 Å². The normalized spacial score (nSPS) is 23.0. The second-order valence-electron chi connectivity index (χ2n) is 26.7. The first kappa shape index (κ1) is 87.0. The van der Waals surface area contributed by atoms with Gasteiger partial charge >= 0.3 is 0 Å². The highest BCUT2D eigenvalue weighted by Gasteiger charge is 2.51. The average Bonchev–Trinajstić information content (AvgIpc) is 0.794. The van der Waals surface area contributed by atoms with Crippen LogP contribution in [-0.4, -0.2) is 140 Å². The fraction of sp³-hybridized carbons (Fsp3) is 0.787. The van der Waals surface area contributed by atoms with Gasteiger partial charge in [-0.15, -0.1) is 0 Å². The minimum absolute atomic E-state index is 0.258. The molecule has 0 saturated carbocycles. The second-order valence-corrected chi connectivity index (χ2v) is 26.7. The number of aliphatic hydroxyl groups is 8. The number of carbonyl (C=O) groups excluding carboxylic acids is 1. The summed E-state index contributed by atoms with van der Waals surface area (Å²) in [4.78, 5) is 13.4. The topological polar surface area (TPSA) is 228 Å². The van der Waals surface area contributed by atoms with E-state index in [1.54, 1.807) is 6.08 Å². The van der Waals surface area contributed by atoms with Crippen molar-refractivity contribution in [3.8, 4) is 0 Å². The van der Waals surface area contributed by atoms with Gasteiger partial charge in [0.15, 0.2) is 12.6 Å². The van der Waals surface area contributed by atoms with Crippen LogP contribution in [0.4, 0.5) is 0 Å². The molecule has 94 heavy (non-hydrogen) atoms. The highest BCUT2D eigenvalue weighted by atomic mass is 16.7. The monoisotopic (exact) mass is 1320 g/mol. The molecule has 0 aromatic rings. The van der Waals surface area contributed by atoms with Crippen LogP contribution in [0.3, 0.4) is 0 Å². The zero-order valence-electron chi connectivity index (χ0n) is 59.4. The van der Waals surface area contributed by atoms with Gasteiger partial charge < -0.3 is 65.1 Å². The van der Waals surface area contributed by atoms with Crippen molar-refractivity contribution in [3.05, 3.63) is 97.2 Å². The van der Waals surface area contributed by atoms with Crippen LogP contribution in [-0.2, 0) is 23.7 Å². The number of nitrogens with one attached hydrogen (secondary N) is 1. The van der Waals surface area contributed by atoms with Crippen LogP contribution in [0.2, 0.25) is 0 Å². The van der Waals surface area contributed by atoms with Gasteiger partial charge in [0.25, 0.3) is 0 Å². The molecular weight excluding hydrogens is 1180 g/mol. The quantitative estimate of drug-likeness (QED) is 0.0204. The summed E-state index contributed by atoms with van der Waals surface area (Å²) in [6.07, 6.45) is 73.4. The van der Waals surface area contributed by atoms with Gasteiger partial charge in [0, 0.05) is 6.42 Å². The van der Waals surface area contributed by atoms with Crippen LogP contribution in [0.25, 0.3) is 0 Å². The van der Waals surface area contributed by atoms with Gasteiger partial charge in [0.2, 0.25) is 5.91 Å². The molecule has 2 saturated heterocycles. The molecule has 0 aliphatic carbocycles. The lowest BCUT2D eigenvalue weighted by Gasteiger charge is -2.46. The standard InChI is InChI=1S/C80H141NO13/c1-3-5-7-9-11-13-15-17-19-21-23-25-27-29-31-32-33-34-35-36-38-39-41-43-45-47-49-51-53-55-57-59-61-63-69(84)68(67-91-79-77(90)75(88)78(71(66-83)93-79)94-80-76(89)74(87)73(86)70(65-82)92-80)81-72(85)64-62-60-58-56-54-52-50-48-46-44-42-40-37-30-28-26-24-22-20-18-16-14-12-10-8-6-4-2/h6,8,12,14,18,20,24,26,30,37,42,44,53,55,61,63,68-71,73-80,82-84,86-90H,3-5,7,9-11,13,15-17,19,21-23,25,27-29,31-36,38-41,43,45-52,54,56-60,62,64-67H2,1-2H3,(H,81,85)/b8-6-,14-12-,20-18-,26-24-,37-30-,44-42-,55-53+,63-61+. The number of hydrogen-bond donors (Lipinski definition) is 9. The number of hydrogen-bond acceptors (Lipinski definition) is 13. The molecule has 14 nitrogen and oxygen atoms in total. The van der Waals surface area contributed by atoms with Crippen molar-refractivity contribution in [1.29, 1.82) is 0 Å². The predicted octanol–water partition coefficient (Wildman–Crippen LogP) is 16.9. The molecule has 2 aliphatic rings. The van der Waals surface area contributed by atoms with Crippen LogP contribution in [0, 0.1) is 0 Å². The third kappa shape index (κ3) is 46.2. The molecule has 9 N–H and O–H groups in total. The Labute approximate surface area is 573 Å². The molecule has 2 heterocycles. The first-order valence-corrected chi connectivity index (χ1v) is 38.5. The number of allylic oxidation sites excluding steroid dienone is 15. The number of ether oxygens (including phenoxy) is 4. The van der Waals surface area contributed by atoms with E-state index in [-0.39, 0.29) is 18.9 Å². The molecule has 0 aromatic carbocycles. The van der Waals surface area contributed by atoms with Crippen LogP contribution in [0.15, 0.2) is 97.2 Å². The molecule has 0 radical (unpaired) electrons. The van der Waals surface area contributed by atoms with Crippen molar-refractivity contribution < 1.29 is 64.6 Å². The maximum Gasteiger partial charge on any atom is 0.220 e. The Morgan fingerprint density at radius 1 is 0.394 bits per heavy atom. The average molecular weight is 1330 g/mol. The Balaban J connectivity index is 1.66. The Morgan fingerprint density at radius 3 is 1.17 bits per heavy atom. The lowest BCUT2D eigenvalue weighted by atomic mass is 9.97. The maximum absolute atomic E-state index is 13.4. The lowest BCUT2D eigenvalue weighted by molar-refractivity contribution is -0.359. The van der Waals surface area contributed by atoms with Gasteiger partial charge in [0.05, 0.1) is 32.0 Å². The zero-order valence-corrected chi connectivity index (χ0v) is 59.4. The molecule has 2 aliphatic heterocycles. The van der Waals surface area contributed by atoms with E-state index in [1.165, 1.54) is 193 Å². The van der Waals surface area contributed by atoms with Crippen molar-refractivity contribution in [2.24, 2.45) is 0 Å². The maximum atomic E-state index is 13.4. The number of carbonyl (C=O) groups is 1. The van der Waals surface area contributed by atoms with Crippen molar-refractivity contribution in [1.82, 2.24) is 5.32 Å². The summed E-state index contributed by atoms with van der Waals surface area (Å²) in [6, 6.07) is -0.945. The summed E-state index contributed by atoms with van der Waals surface area (Å²) in [7, 11) is 0. The summed E-state index contributed by atoms with van der Waals surface area (Å²) in [6.45, 7) is 2.69. The fourth-order valence-electron chi connectivity index (χ4n) is 12.2. The van der Waals surface area contributed by atoms with Crippen LogP contribution < -0.4 is 5.32 Å². The van der Waals surface area contributed by atoms with E-state index in [2.05, 4.69) is 104 Å². The van der Waals surface area contributed by atoms with Crippen molar-refractivity contribution in [3.63, 3.8) is 0 Å². The summed E-state index contributed by atoms with van der Waals surface area (Å²) in [5.41, 5.74) is 0. The number of aliphatic hydroxyl groups excluding tert-OH is 8. The van der Waals surface area contributed by atoms with Gasteiger partial charge in [-0.2, -0.15) is 0 Å². The molecule has 1 amide bonds. The van der Waals surface area contributed by atoms with E-state index in [4.69, 9.17) is 18.9 Å². The molecule has 2 fully saturated rings. The summed E-state index contributed by atoms with van der Waals surface area (Å²) < 4.78 is 22.9. The van der Waals surface area contributed by atoms with E-state index in [9.17, 15) is 45.6 Å². The fourth-order valence-corrected chi connectivity index (χ4v) is 12.2. The number of rotatable bonds is 63. The van der Waals surface area contributed by atoms with Gasteiger partial charge in [0.1, 0.15) is 48.8 Å². The second kappa shape index (κ2) is 63.4. The molecule has 0 bridgehead atoms. The van der Waals surface area contributed by atoms with E-state index in [0.717, 1.165) is 83.5 Å². The molecule has 12 unspecified atom stereocenters. The first-order chi connectivity index (χ1) is 46.1. The number of unbranched alkanes of at least 4 members (excludes halogenated alkanes) is 36. The largest absolute Gasteiger partial charge is 0.394 e. The zero-order chi connectivity index (χ0) is 68.0. The van der Waals surface area contributed by atoms with Crippen molar-refractivity contribution in [2.45, 2.75) is 383 Å². The first-order valence-electron chi connectivity index (χ1n) is 38.5. The SMILES string of the molecule is CC/C=C\C/C=C\C/C=C\C/C=C\C/C=C\C/C=C\CCCCCCCCCCC(=O)NC(COC1OC(CO)C(OC2OC(CO)C(O)C(O)C2O)C(O)C1O)C(O)/C=C/CC/C=C/CCCCCCCCCCCCCCCCCCCCCCCCCCCCC. The van der Waals surface area contributed by atoms with Crippen LogP contribution in [0.1, 0.15) is 309 Å². The summed E-state index contributed by atoms with van der Waals surface area (Å²) in [5.74, 6) is -0.258. The Bertz CT molecular complexity index is 1950. The minimum Gasteiger partial charge on any atom is -0.394 e. The summed E-state index contributed by atoms with van der Waals surface area (Å²) in [5, 5.41) is 87.6. The predicted molar refractivity (Wildman–Crippen MR) is 387 cm³/mol. The molecule has 0 aromatic heterocycles.